The number of anilines is 5. The van der Waals surface area contributed by atoms with Gasteiger partial charge in [0, 0.05) is 49.5 Å². The lowest BCUT2D eigenvalue weighted by Gasteiger charge is -2.34. The van der Waals surface area contributed by atoms with Crippen LogP contribution in [0.3, 0.4) is 0 Å². The number of hydrogen-bond donors (Lipinski definition) is 0. The van der Waals surface area contributed by atoms with E-state index in [1.165, 1.54) is 91.5 Å². The van der Waals surface area contributed by atoms with Crippen molar-refractivity contribution in [3.05, 3.63) is 235 Å². The van der Waals surface area contributed by atoms with Gasteiger partial charge < -0.3 is 9.80 Å². The van der Waals surface area contributed by atoms with Crippen LogP contribution >= 0.6 is 11.3 Å². The number of allylic oxidation sites excluding steroid dienone is 3. The van der Waals surface area contributed by atoms with Crippen LogP contribution in [0.2, 0.25) is 0 Å². The number of thiophene rings is 1. The van der Waals surface area contributed by atoms with Gasteiger partial charge in [-0.25, -0.2) is 0 Å². The van der Waals surface area contributed by atoms with Crippen LogP contribution < -0.4 is 9.80 Å². The summed E-state index contributed by atoms with van der Waals surface area (Å²) in [5.41, 5.74) is 9.91. The lowest BCUT2D eigenvalue weighted by atomic mass is 9.74. The summed E-state index contributed by atoms with van der Waals surface area (Å²) < 4.78 is 2.53. The van der Waals surface area contributed by atoms with Crippen LogP contribution in [0.4, 0.5) is 28.4 Å². The van der Waals surface area contributed by atoms with E-state index >= 15 is 0 Å². The molecule has 2 unspecified atom stereocenters. The van der Waals surface area contributed by atoms with Crippen LogP contribution in [-0.4, -0.2) is 0 Å². The molecular formula is C61H44N2S. The summed E-state index contributed by atoms with van der Waals surface area (Å²) in [6.07, 6.45) is 7.49. The molecule has 304 valence electrons. The fourth-order valence-corrected chi connectivity index (χ4v) is 12.6. The molecule has 64 heavy (non-hydrogen) atoms. The topological polar surface area (TPSA) is 6.48 Å². The van der Waals surface area contributed by atoms with Gasteiger partial charge in [0.15, 0.2) is 0 Å². The minimum atomic E-state index is 0.0257. The van der Waals surface area contributed by atoms with Crippen LogP contribution in [-0.2, 0) is 5.41 Å². The summed E-state index contributed by atoms with van der Waals surface area (Å²) in [6.45, 7) is 4.84. The highest BCUT2D eigenvalue weighted by Crippen LogP contribution is 2.56. The Morgan fingerprint density at radius 1 is 0.469 bits per heavy atom. The summed E-state index contributed by atoms with van der Waals surface area (Å²) in [5, 5.41) is 12.6. The zero-order valence-corrected chi connectivity index (χ0v) is 36.6. The molecule has 0 saturated carbocycles. The van der Waals surface area contributed by atoms with Crippen molar-refractivity contribution in [2.45, 2.75) is 25.2 Å². The number of fused-ring (bicyclic) bond motifs is 13. The Kier molecular flexibility index (Phi) is 8.29. The average molecular weight is 837 g/mol. The highest BCUT2D eigenvalue weighted by atomic mass is 32.1. The summed E-state index contributed by atoms with van der Waals surface area (Å²) in [7, 11) is 0. The SMILES string of the molecule is CC1(C)c2ccccc2C2C=C(N(c3ccc4c5ccccc5c5ccccc5c4c3)c3cccc4sc5c(N(c6ccccc6)c6ccccc6)c6ccccc6cc5c34)C=CC21. The van der Waals surface area contributed by atoms with Crippen molar-refractivity contribution in [3.63, 3.8) is 0 Å². The highest BCUT2D eigenvalue weighted by molar-refractivity contribution is 7.26. The maximum absolute atomic E-state index is 2.57. The molecule has 0 saturated heterocycles. The maximum Gasteiger partial charge on any atom is 0.0718 e. The van der Waals surface area contributed by atoms with E-state index in [2.05, 4.69) is 242 Å². The minimum Gasteiger partial charge on any atom is -0.310 e. The number of hydrogen-bond acceptors (Lipinski definition) is 3. The van der Waals surface area contributed by atoms with E-state index in [1.807, 2.05) is 11.3 Å². The standard InChI is InChI=1S/C61H44N2S/c1-61(2)54-29-16-15-28-50(54)52-38-43(33-35-55(52)61)62(42-32-34-49-47-26-12-11-24-45(47)46-25-13-14-27-48(46)51(49)37-42)56-30-17-31-57-58(56)53-36-39-18-9-10-23-44(39)59(60(53)64-57)63(40-19-5-3-6-20-40)41-21-7-4-8-22-41/h3-38,52,55H,1-2H3. The van der Waals surface area contributed by atoms with Gasteiger partial charge in [-0.1, -0.05) is 172 Å². The van der Waals surface area contributed by atoms with Gasteiger partial charge in [0.2, 0.25) is 0 Å². The molecule has 2 aliphatic carbocycles. The van der Waals surface area contributed by atoms with E-state index in [-0.39, 0.29) is 11.3 Å². The first kappa shape index (κ1) is 37.1. The van der Waals surface area contributed by atoms with Crippen molar-refractivity contribution in [2.75, 3.05) is 9.80 Å². The number of nitrogens with zero attached hydrogens (tertiary/aromatic N) is 2. The molecule has 3 heteroatoms. The molecule has 0 N–H and O–H groups in total. The second kappa shape index (κ2) is 14.3. The first-order chi connectivity index (χ1) is 31.5. The number of para-hydroxylation sites is 2. The van der Waals surface area contributed by atoms with Crippen LogP contribution in [0.15, 0.2) is 224 Å². The Hall–Kier alpha value is -7.46. The summed E-state index contributed by atoms with van der Waals surface area (Å²) >= 11 is 1.90. The van der Waals surface area contributed by atoms with Crippen molar-refractivity contribution >= 4 is 103 Å². The predicted molar refractivity (Wildman–Crippen MR) is 276 cm³/mol. The van der Waals surface area contributed by atoms with E-state index in [0.29, 0.717) is 5.92 Å². The molecule has 2 aliphatic rings. The largest absolute Gasteiger partial charge is 0.310 e. The molecule has 1 heterocycles. The van der Waals surface area contributed by atoms with Crippen LogP contribution in [0.5, 0.6) is 0 Å². The van der Waals surface area contributed by atoms with Gasteiger partial charge in [-0.3, -0.25) is 0 Å². The third-order valence-corrected chi connectivity index (χ3v) is 15.4. The van der Waals surface area contributed by atoms with Crippen LogP contribution in [0.1, 0.15) is 30.9 Å². The summed E-state index contributed by atoms with van der Waals surface area (Å²) in [5.74, 6) is 0.634. The van der Waals surface area contributed by atoms with E-state index < -0.39 is 0 Å². The van der Waals surface area contributed by atoms with Gasteiger partial charge in [-0.2, -0.15) is 0 Å². The Morgan fingerprint density at radius 3 is 1.77 bits per heavy atom. The zero-order valence-electron chi connectivity index (χ0n) is 35.7. The molecule has 0 spiro atoms. The molecule has 11 aromatic rings. The van der Waals surface area contributed by atoms with Crippen LogP contribution in [0, 0.1) is 5.92 Å². The summed E-state index contributed by atoms with van der Waals surface area (Å²) in [4.78, 5) is 5.03. The zero-order chi connectivity index (χ0) is 42.5. The van der Waals surface area contributed by atoms with Crippen molar-refractivity contribution in [3.8, 4) is 0 Å². The third-order valence-electron chi connectivity index (χ3n) is 14.3. The smallest absolute Gasteiger partial charge is 0.0718 e. The van der Waals surface area contributed by atoms with Gasteiger partial charge >= 0.3 is 0 Å². The van der Waals surface area contributed by atoms with Crippen LogP contribution in [0.25, 0.3) is 63.3 Å². The molecule has 0 aliphatic heterocycles. The predicted octanol–water partition coefficient (Wildman–Crippen LogP) is 17.4. The lowest BCUT2D eigenvalue weighted by molar-refractivity contribution is 0.393. The Labute approximate surface area is 377 Å². The molecule has 0 bridgehead atoms. The van der Waals surface area contributed by atoms with Gasteiger partial charge in [-0.05, 0) is 121 Å². The fourth-order valence-electron chi connectivity index (χ4n) is 11.4. The quantitative estimate of drug-likeness (QED) is 0.154. The first-order valence-corrected chi connectivity index (χ1v) is 23.2. The van der Waals surface area contributed by atoms with Crippen molar-refractivity contribution < 1.29 is 0 Å². The Balaban J connectivity index is 1.11. The fraction of sp³-hybridized carbons (Fsp3) is 0.0820. The second-order valence-corrected chi connectivity index (χ2v) is 19.1. The average Bonchev–Trinajstić information content (AvgIpc) is 3.84. The number of rotatable bonds is 6. The van der Waals surface area contributed by atoms with Crippen molar-refractivity contribution in [1.82, 2.24) is 0 Å². The molecule has 0 radical (unpaired) electrons. The minimum absolute atomic E-state index is 0.0257. The van der Waals surface area contributed by atoms with Crippen molar-refractivity contribution in [1.29, 1.82) is 0 Å². The van der Waals surface area contributed by atoms with E-state index in [0.717, 1.165) is 17.1 Å². The van der Waals surface area contributed by atoms with Crippen molar-refractivity contribution in [2.24, 2.45) is 5.92 Å². The van der Waals surface area contributed by atoms with Gasteiger partial charge in [0.25, 0.3) is 0 Å². The normalized spacial score (nSPS) is 16.4. The second-order valence-electron chi connectivity index (χ2n) is 18.0. The first-order valence-electron chi connectivity index (χ1n) is 22.4. The molecule has 0 amide bonds. The Morgan fingerprint density at radius 2 is 1.06 bits per heavy atom. The molecule has 1 aromatic heterocycles. The molecule has 2 nitrogen and oxygen atoms in total. The van der Waals surface area contributed by atoms with E-state index in [1.54, 1.807) is 0 Å². The monoisotopic (exact) mass is 836 g/mol. The molecule has 13 rings (SSSR count). The lowest BCUT2D eigenvalue weighted by Crippen LogP contribution is -2.27. The van der Waals surface area contributed by atoms with Gasteiger partial charge in [-0.15, -0.1) is 11.3 Å². The molecule has 10 aromatic carbocycles. The molecular weight excluding hydrogens is 793 g/mol. The Bertz CT molecular complexity index is 3650. The van der Waals surface area contributed by atoms with E-state index in [4.69, 9.17) is 0 Å². The van der Waals surface area contributed by atoms with Gasteiger partial charge in [0.05, 0.1) is 16.1 Å². The van der Waals surface area contributed by atoms with Gasteiger partial charge in [0.1, 0.15) is 0 Å². The number of benzene rings is 10. The molecule has 0 fully saturated rings. The summed E-state index contributed by atoms with van der Waals surface area (Å²) in [6, 6.07) is 74.1. The molecule has 2 atom stereocenters. The maximum atomic E-state index is 2.57. The van der Waals surface area contributed by atoms with E-state index in [9.17, 15) is 0 Å². The third kappa shape index (κ3) is 5.50. The highest BCUT2D eigenvalue weighted by Gasteiger charge is 2.45.